The number of rotatable bonds is 1. The summed E-state index contributed by atoms with van der Waals surface area (Å²) in [5, 5.41) is 0. The number of carbonyl (C=O) groups is 2. The fourth-order valence-corrected chi connectivity index (χ4v) is 5.93. The highest BCUT2D eigenvalue weighted by molar-refractivity contribution is 5.91. The number of hydrogen-bond donors (Lipinski definition) is 0. The third-order valence-electron chi connectivity index (χ3n) is 6.95. The number of allylic oxidation sites excluding steroid dienone is 2. The topological polar surface area (TPSA) is 34.1 Å². The van der Waals surface area contributed by atoms with Crippen molar-refractivity contribution in [2.75, 3.05) is 0 Å². The fourth-order valence-electron chi connectivity index (χ4n) is 5.93. The minimum atomic E-state index is 0.189. The van der Waals surface area contributed by atoms with E-state index in [0.717, 1.165) is 25.0 Å². The highest BCUT2D eigenvalue weighted by atomic mass is 16.1. The zero-order valence-electron chi connectivity index (χ0n) is 13.7. The molecule has 0 heterocycles. The molecule has 0 bridgehead atoms. The molecule has 116 valence electrons. The van der Waals surface area contributed by atoms with Crippen molar-refractivity contribution in [3.05, 3.63) is 11.6 Å². The van der Waals surface area contributed by atoms with Gasteiger partial charge in [-0.15, -0.1) is 0 Å². The largest absolute Gasteiger partial charge is 0.299 e. The lowest BCUT2D eigenvalue weighted by atomic mass is 9.46. The van der Waals surface area contributed by atoms with Crippen LogP contribution in [0.25, 0.3) is 0 Å². The van der Waals surface area contributed by atoms with E-state index in [1.54, 1.807) is 0 Å². The van der Waals surface area contributed by atoms with Gasteiger partial charge in [0.1, 0.15) is 12.1 Å². The quantitative estimate of drug-likeness (QED) is 0.673. The summed E-state index contributed by atoms with van der Waals surface area (Å²) in [7, 11) is 0. The Morgan fingerprint density at radius 2 is 1.95 bits per heavy atom. The van der Waals surface area contributed by atoms with Crippen LogP contribution in [0.1, 0.15) is 65.7 Å². The molecule has 0 spiro atoms. The number of Topliss-reactive ketones (excluding diaryl/α,β-unsaturated/α-hetero) is 1. The number of carbonyl (C=O) groups excluding carboxylic acids is 2. The number of ketones is 1. The molecular formula is C19H28O2. The maximum atomic E-state index is 12.6. The highest BCUT2D eigenvalue weighted by Gasteiger charge is 2.55. The summed E-state index contributed by atoms with van der Waals surface area (Å²) in [5.74, 6) is 1.67. The summed E-state index contributed by atoms with van der Waals surface area (Å²) in [6.45, 7) is 7.27. The molecule has 2 heteroatoms. The predicted octanol–water partition coefficient (Wildman–Crippen LogP) is 4.33. The second kappa shape index (κ2) is 5.07. The molecule has 0 amide bonds. The molecule has 0 aromatic heterocycles. The van der Waals surface area contributed by atoms with Gasteiger partial charge in [0.15, 0.2) is 0 Å². The summed E-state index contributed by atoms with van der Waals surface area (Å²) in [4.78, 5) is 23.7. The van der Waals surface area contributed by atoms with Crippen LogP contribution in [0, 0.1) is 28.6 Å². The Kier molecular flexibility index (Phi) is 3.62. The van der Waals surface area contributed by atoms with E-state index in [2.05, 4.69) is 26.8 Å². The van der Waals surface area contributed by atoms with Crippen molar-refractivity contribution in [3.8, 4) is 0 Å². The van der Waals surface area contributed by atoms with Crippen LogP contribution in [0.2, 0.25) is 0 Å². The van der Waals surface area contributed by atoms with Gasteiger partial charge >= 0.3 is 0 Å². The van der Waals surface area contributed by atoms with Gasteiger partial charge in [-0.25, -0.2) is 0 Å². The van der Waals surface area contributed by atoms with Gasteiger partial charge in [-0.1, -0.05) is 33.3 Å². The maximum Gasteiger partial charge on any atom is 0.146 e. The summed E-state index contributed by atoms with van der Waals surface area (Å²) >= 11 is 0. The molecule has 3 rings (SSSR count). The molecule has 21 heavy (non-hydrogen) atoms. The second-order valence-corrected chi connectivity index (χ2v) is 8.47. The first-order valence-electron chi connectivity index (χ1n) is 8.55. The van der Waals surface area contributed by atoms with E-state index < -0.39 is 0 Å². The first-order valence-corrected chi connectivity index (χ1v) is 8.55. The van der Waals surface area contributed by atoms with Gasteiger partial charge in [-0.05, 0) is 60.3 Å². The van der Waals surface area contributed by atoms with Crippen LogP contribution in [0.4, 0.5) is 0 Å². The average molecular weight is 288 g/mol. The number of hydrogen-bond acceptors (Lipinski definition) is 2. The number of fused-ring (bicyclic) bond motifs is 3. The molecule has 2 nitrogen and oxygen atoms in total. The Morgan fingerprint density at radius 1 is 1.19 bits per heavy atom. The molecule has 0 saturated heterocycles. The van der Waals surface area contributed by atoms with Gasteiger partial charge in [0.25, 0.3) is 0 Å². The Balaban J connectivity index is 1.97. The summed E-state index contributed by atoms with van der Waals surface area (Å²) in [5.41, 5.74) is 1.38. The Labute approximate surface area is 128 Å². The molecular weight excluding hydrogens is 260 g/mol. The molecule has 0 aromatic carbocycles. The summed E-state index contributed by atoms with van der Waals surface area (Å²) in [6, 6.07) is 0. The Bertz CT molecular complexity index is 488. The first kappa shape index (κ1) is 15.0. The lowest BCUT2D eigenvalue weighted by molar-refractivity contribution is -0.138. The monoisotopic (exact) mass is 288 g/mol. The molecule has 0 aromatic rings. The van der Waals surface area contributed by atoms with Gasteiger partial charge in [-0.3, -0.25) is 9.59 Å². The molecule has 0 radical (unpaired) electrons. The lowest BCUT2D eigenvalue weighted by Crippen LogP contribution is -2.52. The van der Waals surface area contributed by atoms with E-state index in [0.29, 0.717) is 29.1 Å². The van der Waals surface area contributed by atoms with E-state index in [-0.39, 0.29) is 11.3 Å². The van der Waals surface area contributed by atoms with Crippen molar-refractivity contribution < 1.29 is 9.59 Å². The maximum absolute atomic E-state index is 12.6. The van der Waals surface area contributed by atoms with E-state index in [9.17, 15) is 9.59 Å². The van der Waals surface area contributed by atoms with Gasteiger partial charge in [-0.2, -0.15) is 0 Å². The molecule has 1 unspecified atom stereocenters. The zero-order chi connectivity index (χ0) is 15.3. The van der Waals surface area contributed by atoms with Crippen LogP contribution in [0.5, 0.6) is 0 Å². The van der Waals surface area contributed by atoms with E-state index in [1.807, 2.05) is 0 Å². The fraction of sp³-hybridized carbons (Fsp3) is 0.789. The smallest absolute Gasteiger partial charge is 0.146 e. The Morgan fingerprint density at radius 3 is 2.67 bits per heavy atom. The molecule has 4 atom stereocenters. The Hall–Kier alpha value is -0.920. The molecule has 2 saturated carbocycles. The van der Waals surface area contributed by atoms with Crippen molar-refractivity contribution in [1.29, 1.82) is 0 Å². The van der Waals surface area contributed by atoms with Crippen LogP contribution < -0.4 is 0 Å². The third kappa shape index (κ3) is 2.31. The van der Waals surface area contributed by atoms with Gasteiger partial charge < -0.3 is 0 Å². The summed E-state index contributed by atoms with van der Waals surface area (Å²) in [6.07, 6.45) is 10.3. The molecule has 3 aliphatic rings. The minimum Gasteiger partial charge on any atom is -0.299 e. The minimum absolute atomic E-state index is 0.189. The first-order chi connectivity index (χ1) is 9.88. The van der Waals surface area contributed by atoms with Crippen molar-refractivity contribution in [2.24, 2.45) is 28.6 Å². The van der Waals surface area contributed by atoms with E-state index in [4.69, 9.17) is 0 Å². The standard InChI is InChI=1S/C19H28O2/c1-18(2)9-4-10-19(3)15-7-5-13(12-20)11-16(21)14(15)6-8-17(18)19/h5,12,14-15,17H,4,6-11H2,1-3H3/t14-,15-,17?,19+/m0/s1. The van der Waals surface area contributed by atoms with Crippen LogP contribution >= 0.6 is 0 Å². The van der Waals surface area contributed by atoms with Gasteiger partial charge in [0.05, 0.1) is 0 Å². The zero-order valence-corrected chi connectivity index (χ0v) is 13.7. The van der Waals surface area contributed by atoms with Gasteiger partial charge in [0.2, 0.25) is 0 Å². The lowest BCUT2D eigenvalue weighted by Gasteiger charge is -2.59. The predicted molar refractivity (Wildman–Crippen MR) is 83.8 cm³/mol. The summed E-state index contributed by atoms with van der Waals surface area (Å²) < 4.78 is 0. The molecule has 2 fully saturated rings. The second-order valence-electron chi connectivity index (χ2n) is 8.47. The third-order valence-corrected chi connectivity index (χ3v) is 6.95. The van der Waals surface area contributed by atoms with Crippen LogP contribution in [-0.2, 0) is 9.59 Å². The van der Waals surface area contributed by atoms with Crippen molar-refractivity contribution in [1.82, 2.24) is 0 Å². The van der Waals surface area contributed by atoms with Crippen LogP contribution in [0.3, 0.4) is 0 Å². The van der Waals surface area contributed by atoms with Crippen LogP contribution in [0.15, 0.2) is 11.6 Å². The van der Waals surface area contributed by atoms with E-state index >= 15 is 0 Å². The molecule has 3 aliphatic carbocycles. The normalized spacial score (nSPS) is 42.3. The van der Waals surface area contributed by atoms with Crippen molar-refractivity contribution in [2.45, 2.75) is 65.7 Å². The van der Waals surface area contributed by atoms with E-state index in [1.165, 1.54) is 25.7 Å². The average Bonchev–Trinajstić information content (AvgIpc) is 2.58. The van der Waals surface area contributed by atoms with Crippen LogP contribution in [-0.4, -0.2) is 12.1 Å². The van der Waals surface area contributed by atoms with Gasteiger partial charge in [0, 0.05) is 12.3 Å². The van der Waals surface area contributed by atoms with Crippen molar-refractivity contribution >= 4 is 12.1 Å². The number of aldehydes is 1. The highest BCUT2D eigenvalue weighted by Crippen LogP contribution is 2.62. The molecule has 0 aliphatic heterocycles. The SMILES string of the molecule is CC1(C)CCC[C@@]2(C)C1CC[C@@H]1C(=O)CC(C=O)=CC[C@@H]12. The molecule has 0 N–H and O–H groups in total. The van der Waals surface area contributed by atoms with Crippen molar-refractivity contribution in [3.63, 3.8) is 0 Å².